The molecule has 2 heterocycles. The first-order valence-corrected chi connectivity index (χ1v) is 4.89. The zero-order chi connectivity index (χ0) is 8.02. The maximum atomic E-state index is 6.00. The molecule has 3 rings (SSSR count). The van der Waals surface area contributed by atoms with Crippen LogP contribution in [0.3, 0.4) is 0 Å². The van der Waals surface area contributed by atoms with E-state index < -0.39 is 0 Å². The second-order valence-corrected chi connectivity index (χ2v) is 4.20. The average molecular weight is 169 g/mol. The van der Waals surface area contributed by atoms with E-state index in [1.807, 2.05) is 0 Å². The van der Waals surface area contributed by atoms with Gasteiger partial charge >= 0.3 is 0 Å². The Bertz CT molecular complexity index is 187. The number of ether oxygens (including phenoxy) is 2. The number of nitrogens with one attached hydrogen (secondary N) is 1. The molecule has 2 aliphatic heterocycles. The van der Waals surface area contributed by atoms with E-state index in [1.165, 1.54) is 19.3 Å². The van der Waals surface area contributed by atoms with Gasteiger partial charge in [0.05, 0.1) is 19.3 Å². The van der Waals surface area contributed by atoms with Gasteiger partial charge in [-0.15, -0.1) is 0 Å². The van der Waals surface area contributed by atoms with Gasteiger partial charge in [0, 0.05) is 6.54 Å². The fourth-order valence-corrected chi connectivity index (χ4v) is 2.09. The Morgan fingerprint density at radius 2 is 2.00 bits per heavy atom. The van der Waals surface area contributed by atoms with Crippen LogP contribution in [0.5, 0.6) is 0 Å². The first kappa shape index (κ1) is 7.30. The molecule has 1 unspecified atom stereocenters. The molecule has 0 radical (unpaired) electrons. The van der Waals surface area contributed by atoms with Crippen molar-refractivity contribution < 1.29 is 9.47 Å². The van der Waals surface area contributed by atoms with Crippen molar-refractivity contribution in [3.63, 3.8) is 0 Å². The fraction of sp³-hybridized carbons (Fsp3) is 1.00. The van der Waals surface area contributed by atoms with Crippen molar-refractivity contribution in [2.24, 2.45) is 5.92 Å². The number of rotatable bonds is 1. The third-order valence-electron chi connectivity index (χ3n) is 3.07. The Morgan fingerprint density at radius 3 is 2.58 bits per heavy atom. The summed E-state index contributed by atoms with van der Waals surface area (Å²) >= 11 is 0. The second kappa shape index (κ2) is 2.44. The van der Waals surface area contributed by atoms with Crippen LogP contribution in [0, 0.1) is 5.92 Å². The van der Waals surface area contributed by atoms with Gasteiger partial charge in [0.15, 0.2) is 5.72 Å². The molecule has 1 aliphatic carbocycles. The van der Waals surface area contributed by atoms with Crippen LogP contribution < -0.4 is 5.32 Å². The maximum absolute atomic E-state index is 6.00. The molecule has 0 bridgehead atoms. The van der Waals surface area contributed by atoms with Crippen molar-refractivity contribution in [1.82, 2.24) is 5.32 Å². The Balaban J connectivity index is 1.66. The normalized spacial score (nSPS) is 39.5. The first-order chi connectivity index (χ1) is 5.88. The van der Waals surface area contributed by atoms with E-state index in [0.717, 1.165) is 25.7 Å². The Labute approximate surface area is 72.4 Å². The highest BCUT2D eigenvalue weighted by atomic mass is 16.6. The van der Waals surface area contributed by atoms with E-state index in [9.17, 15) is 0 Å². The van der Waals surface area contributed by atoms with Crippen molar-refractivity contribution in [3.8, 4) is 0 Å². The lowest BCUT2D eigenvalue weighted by Gasteiger charge is -2.47. The molecule has 3 fully saturated rings. The van der Waals surface area contributed by atoms with E-state index in [0.29, 0.717) is 6.10 Å². The zero-order valence-corrected chi connectivity index (χ0v) is 7.21. The van der Waals surface area contributed by atoms with Crippen molar-refractivity contribution in [2.75, 3.05) is 19.8 Å². The molecule has 0 aromatic rings. The Kier molecular flexibility index (Phi) is 1.48. The minimum Gasteiger partial charge on any atom is -0.372 e. The van der Waals surface area contributed by atoms with Crippen LogP contribution >= 0.6 is 0 Å². The molecule has 68 valence electrons. The monoisotopic (exact) mass is 169 g/mol. The molecule has 3 aliphatic rings. The summed E-state index contributed by atoms with van der Waals surface area (Å²) in [5.74, 6) is 0.865. The quantitative estimate of drug-likeness (QED) is 0.620. The number of hydrogen-bond acceptors (Lipinski definition) is 3. The van der Waals surface area contributed by atoms with Gasteiger partial charge in [0.1, 0.15) is 0 Å². The summed E-state index contributed by atoms with van der Waals surface area (Å²) in [5.41, 5.74) is -0.0779. The standard InChI is InChI=1S/C9H15NO2/c1-2-7(1)8-3-4-10-9(12-8)5-11-6-9/h7-8,10H,1-6H2. The molecule has 2 saturated heterocycles. The largest absolute Gasteiger partial charge is 0.372 e. The fourth-order valence-electron chi connectivity index (χ4n) is 2.09. The van der Waals surface area contributed by atoms with Gasteiger partial charge < -0.3 is 9.47 Å². The van der Waals surface area contributed by atoms with Gasteiger partial charge in [-0.05, 0) is 25.2 Å². The highest BCUT2D eigenvalue weighted by molar-refractivity contribution is 4.94. The van der Waals surface area contributed by atoms with Gasteiger partial charge in [0.25, 0.3) is 0 Å². The summed E-state index contributed by atoms with van der Waals surface area (Å²) in [6.45, 7) is 2.59. The van der Waals surface area contributed by atoms with Crippen LogP contribution in [0.25, 0.3) is 0 Å². The first-order valence-electron chi connectivity index (χ1n) is 4.89. The van der Waals surface area contributed by atoms with Crippen molar-refractivity contribution in [1.29, 1.82) is 0 Å². The van der Waals surface area contributed by atoms with E-state index in [-0.39, 0.29) is 5.72 Å². The summed E-state index contributed by atoms with van der Waals surface area (Å²) in [5, 5.41) is 3.40. The van der Waals surface area contributed by atoms with E-state index >= 15 is 0 Å². The third-order valence-corrected chi connectivity index (χ3v) is 3.07. The molecule has 1 atom stereocenters. The van der Waals surface area contributed by atoms with Gasteiger partial charge in [-0.3, -0.25) is 5.32 Å². The van der Waals surface area contributed by atoms with Gasteiger partial charge in [-0.2, -0.15) is 0 Å². The summed E-state index contributed by atoms with van der Waals surface area (Å²) in [6.07, 6.45) is 4.46. The molecule has 12 heavy (non-hydrogen) atoms. The molecule has 1 N–H and O–H groups in total. The summed E-state index contributed by atoms with van der Waals surface area (Å²) < 4.78 is 11.2. The number of hydrogen-bond donors (Lipinski definition) is 1. The zero-order valence-electron chi connectivity index (χ0n) is 7.21. The third kappa shape index (κ3) is 1.08. The van der Waals surface area contributed by atoms with Gasteiger partial charge in [-0.1, -0.05) is 0 Å². The lowest BCUT2D eigenvalue weighted by atomic mass is 10.0. The predicted octanol–water partition coefficient (Wildman–Crippen LogP) is 0.501. The highest BCUT2D eigenvalue weighted by Gasteiger charge is 2.47. The molecule has 3 heteroatoms. The van der Waals surface area contributed by atoms with Crippen LogP contribution in [-0.2, 0) is 9.47 Å². The van der Waals surface area contributed by atoms with Gasteiger partial charge in [0.2, 0.25) is 0 Å². The van der Waals surface area contributed by atoms with Crippen molar-refractivity contribution >= 4 is 0 Å². The lowest BCUT2D eigenvalue weighted by molar-refractivity contribution is -0.265. The van der Waals surface area contributed by atoms with Gasteiger partial charge in [-0.25, -0.2) is 0 Å². The molecule has 0 aromatic carbocycles. The minimum atomic E-state index is -0.0779. The lowest BCUT2D eigenvalue weighted by Crippen LogP contribution is -2.66. The molecule has 3 nitrogen and oxygen atoms in total. The topological polar surface area (TPSA) is 30.5 Å². The average Bonchev–Trinajstić information content (AvgIpc) is 2.84. The molecule has 0 amide bonds. The van der Waals surface area contributed by atoms with Crippen LogP contribution in [0.1, 0.15) is 19.3 Å². The maximum Gasteiger partial charge on any atom is 0.166 e. The molecular formula is C9H15NO2. The van der Waals surface area contributed by atoms with Crippen LogP contribution in [0.2, 0.25) is 0 Å². The van der Waals surface area contributed by atoms with Crippen molar-refractivity contribution in [2.45, 2.75) is 31.1 Å². The van der Waals surface area contributed by atoms with E-state index in [2.05, 4.69) is 5.32 Å². The smallest absolute Gasteiger partial charge is 0.166 e. The summed E-state index contributed by atoms with van der Waals surface area (Å²) in [7, 11) is 0. The summed E-state index contributed by atoms with van der Waals surface area (Å²) in [6, 6.07) is 0. The van der Waals surface area contributed by atoms with Crippen molar-refractivity contribution in [3.05, 3.63) is 0 Å². The molecule has 0 aromatic heterocycles. The van der Waals surface area contributed by atoms with E-state index in [4.69, 9.17) is 9.47 Å². The molecular weight excluding hydrogens is 154 g/mol. The predicted molar refractivity (Wildman–Crippen MR) is 43.8 cm³/mol. The molecule has 1 saturated carbocycles. The molecule has 1 spiro atoms. The minimum absolute atomic E-state index is 0.0779. The highest BCUT2D eigenvalue weighted by Crippen LogP contribution is 2.39. The Morgan fingerprint density at radius 1 is 1.17 bits per heavy atom. The summed E-state index contributed by atoms with van der Waals surface area (Å²) in [4.78, 5) is 0. The van der Waals surface area contributed by atoms with E-state index in [1.54, 1.807) is 0 Å². The Hall–Kier alpha value is -0.120. The van der Waals surface area contributed by atoms with Crippen LogP contribution in [-0.4, -0.2) is 31.6 Å². The SMILES string of the molecule is C1CC(C2CC2)OC2(COC2)N1. The van der Waals surface area contributed by atoms with Crippen LogP contribution in [0.15, 0.2) is 0 Å². The van der Waals surface area contributed by atoms with Crippen LogP contribution in [0.4, 0.5) is 0 Å². The second-order valence-electron chi connectivity index (χ2n) is 4.20.